The lowest BCUT2D eigenvalue weighted by Gasteiger charge is -2.23. The highest BCUT2D eigenvalue weighted by Gasteiger charge is 2.32. The van der Waals surface area contributed by atoms with Crippen molar-refractivity contribution in [1.29, 1.82) is 0 Å². The highest BCUT2D eigenvalue weighted by Crippen LogP contribution is 2.28. The minimum absolute atomic E-state index is 0.00648. The summed E-state index contributed by atoms with van der Waals surface area (Å²) in [5.41, 5.74) is 0.449. The van der Waals surface area contributed by atoms with Crippen LogP contribution in [0.2, 0.25) is 0 Å². The fourth-order valence-corrected chi connectivity index (χ4v) is 4.29. The van der Waals surface area contributed by atoms with E-state index in [2.05, 4.69) is 0 Å². The number of likely N-dealkylation sites (N-methyl/N-ethyl adjacent to an activating group) is 1. The second-order valence-corrected chi connectivity index (χ2v) is 7.84. The van der Waals surface area contributed by atoms with Gasteiger partial charge in [0, 0.05) is 18.7 Å². The topological polar surface area (TPSA) is 90.0 Å². The van der Waals surface area contributed by atoms with Crippen LogP contribution in [0.1, 0.15) is 23.7 Å². The standard InChI is InChI=1S/C16H21NO6S/c1-3-22-15-8-12(9-18)4-5-14(15)23-10-16(19)17(2)13-6-7-24(20,21)11-13/h4-5,8-9,13H,3,6-7,10-11H2,1-2H3/t13-/m1/s1. The summed E-state index contributed by atoms with van der Waals surface area (Å²) in [6.07, 6.45) is 1.15. The highest BCUT2D eigenvalue weighted by molar-refractivity contribution is 7.91. The molecule has 1 fully saturated rings. The molecule has 1 heterocycles. The maximum atomic E-state index is 12.2. The zero-order chi connectivity index (χ0) is 17.7. The Hall–Kier alpha value is -2.09. The number of sulfone groups is 1. The molecule has 1 aromatic carbocycles. The number of nitrogens with zero attached hydrogens (tertiary/aromatic N) is 1. The maximum Gasteiger partial charge on any atom is 0.260 e. The lowest BCUT2D eigenvalue weighted by molar-refractivity contribution is -0.133. The largest absolute Gasteiger partial charge is 0.490 e. The lowest BCUT2D eigenvalue weighted by atomic mass is 10.2. The summed E-state index contributed by atoms with van der Waals surface area (Å²) < 4.78 is 33.9. The molecule has 1 aliphatic rings. The average Bonchev–Trinajstić information content (AvgIpc) is 2.92. The van der Waals surface area contributed by atoms with E-state index in [-0.39, 0.29) is 30.1 Å². The fraction of sp³-hybridized carbons (Fsp3) is 0.500. The minimum Gasteiger partial charge on any atom is -0.490 e. The molecule has 24 heavy (non-hydrogen) atoms. The van der Waals surface area contributed by atoms with E-state index in [0.717, 1.165) is 0 Å². The quantitative estimate of drug-likeness (QED) is 0.676. The van der Waals surface area contributed by atoms with Gasteiger partial charge in [0.1, 0.15) is 6.29 Å². The molecule has 1 amide bonds. The van der Waals surface area contributed by atoms with Gasteiger partial charge in [-0.05, 0) is 31.5 Å². The van der Waals surface area contributed by atoms with E-state index in [0.29, 0.717) is 36.4 Å². The molecule has 1 saturated heterocycles. The van der Waals surface area contributed by atoms with Crippen molar-refractivity contribution >= 4 is 22.0 Å². The van der Waals surface area contributed by atoms with Gasteiger partial charge in [0.2, 0.25) is 0 Å². The Morgan fingerprint density at radius 3 is 2.67 bits per heavy atom. The van der Waals surface area contributed by atoms with Gasteiger partial charge in [0.15, 0.2) is 27.9 Å². The number of rotatable bonds is 7. The molecule has 0 unspecified atom stereocenters. The number of amides is 1. The molecule has 0 aromatic heterocycles. The first kappa shape index (κ1) is 18.3. The predicted octanol–water partition coefficient (Wildman–Crippen LogP) is 0.922. The van der Waals surface area contributed by atoms with Gasteiger partial charge in [0.25, 0.3) is 5.91 Å². The van der Waals surface area contributed by atoms with Crippen molar-refractivity contribution in [3.8, 4) is 11.5 Å². The number of benzene rings is 1. The third-order valence-electron chi connectivity index (χ3n) is 3.90. The van der Waals surface area contributed by atoms with Crippen LogP contribution in [0.15, 0.2) is 18.2 Å². The first-order chi connectivity index (χ1) is 11.4. The molecule has 0 bridgehead atoms. The molecule has 0 N–H and O–H groups in total. The van der Waals surface area contributed by atoms with Crippen molar-refractivity contribution in [3.63, 3.8) is 0 Å². The average molecular weight is 355 g/mol. The number of carbonyl (C=O) groups excluding carboxylic acids is 2. The van der Waals surface area contributed by atoms with Gasteiger partial charge in [-0.2, -0.15) is 0 Å². The molecule has 1 atom stereocenters. The van der Waals surface area contributed by atoms with Gasteiger partial charge >= 0.3 is 0 Å². The summed E-state index contributed by atoms with van der Waals surface area (Å²) in [5, 5.41) is 0. The van der Waals surface area contributed by atoms with Crippen LogP contribution in [-0.2, 0) is 14.6 Å². The molecule has 1 aromatic rings. The van der Waals surface area contributed by atoms with Crippen molar-refractivity contribution in [2.45, 2.75) is 19.4 Å². The van der Waals surface area contributed by atoms with E-state index in [9.17, 15) is 18.0 Å². The van der Waals surface area contributed by atoms with Crippen LogP contribution < -0.4 is 9.47 Å². The molecule has 2 rings (SSSR count). The SMILES string of the molecule is CCOc1cc(C=O)ccc1OCC(=O)N(C)[C@@H]1CCS(=O)(=O)C1. The molecule has 8 heteroatoms. The molecule has 1 aliphatic heterocycles. The Bertz CT molecular complexity index is 715. The minimum atomic E-state index is -3.05. The number of aldehydes is 1. The van der Waals surface area contributed by atoms with Crippen molar-refractivity contribution in [3.05, 3.63) is 23.8 Å². The van der Waals surface area contributed by atoms with Crippen molar-refractivity contribution in [2.75, 3.05) is 31.8 Å². The van der Waals surface area contributed by atoms with Gasteiger partial charge in [-0.25, -0.2) is 8.42 Å². The molecule has 0 spiro atoms. The van der Waals surface area contributed by atoms with Crippen molar-refractivity contribution < 1.29 is 27.5 Å². The van der Waals surface area contributed by atoms with E-state index in [1.165, 1.54) is 4.90 Å². The van der Waals surface area contributed by atoms with E-state index >= 15 is 0 Å². The number of carbonyl (C=O) groups is 2. The molecule has 0 radical (unpaired) electrons. The van der Waals surface area contributed by atoms with Crippen LogP contribution >= 0.6 is 0 Å². The third-order valence-corrected chi connectivity index (χ3v) is 5.65. The van der Waals surface area contributed by atoms with Gasteiger partial charge in [-0.1, -0.05) is 0 Å². The van der Waals surface area contributed by atoms with E-state index in [4.69, 9.17) is 9.47 Å². The van der Waals surface area contributed by atoms with Gasteiger partial charge in [0.05, 0.1) is 18.1 Å². The normalized spacial score (nSPS) is 18.8. The molecule has 0 saturated carbocycles. The van der Waals surface area contributed by atoms with Crippen LogP contribution in [0.3, 0.4) is 0 Å². The Balaban J connectivity index is 1.99. The second-order valence-electron chi connectivity index (χ2n) is 5.61. The van der Waals surface area contributed by atoms with Crippen LogP contribution in [0, 0.1) is 0 Å². The monoisotopic (exact) mass is 355 g/mol. The zero-order valence-electron chi connectivity index (χ0n) is 13.7. The maximum absolute atomic E-state index is 12.2. The van der Waals surface area contributed by atoms with Crippen molar-refractivity contribution in [2.24, 2.45) is 0 Å². The van der Waals surface area contributed by atoms with Gasteiger partial charge < -0.3 is 14.4 Å². The third kappa shape index (κ3) is 4.47. The summed E-state index contributed by atoms with van der Waals surface area (Å²) in [5.74, 6) is 0.550. The predicted molar refractivity (Wildman–Crippen MR) is 88.3 cm³/mol. The lowest BCUT2D eigenvalue weighted by Crippen LogP contribution is -2.40. The summed E-state index contributed by atoms with van der Waals surface area (Å²) >= 11 is 0. The van der Waals surface area contributed by atoms with Gasteiger partial charge in [-0.3, -0.25) is 9.59 Å². The summed E-state index contributed by atoms with van der Waals surface area (Å²) in [7, 11) is -1.47. The van der Waals surface area contributed by atoms with E-state index < -0.39 is 9.84 Å². The van der Waals surface area contributed by atoms with Crippen molar-refractivity contribution in [1.82, 2.24) is 4.90 Å². The molecule has 132 valence electrons. The zero-order valence-corrected chi connectivity index (χ0v) is 14.5. The first-order valence-electron chi connectivity index (χ1n) is 7.67. The molecule has 0 aliphatic carbocycles. The first-order valence-corrected chi connectivity index (χ1v) is 9.49. The Labute approximate surface area is 141 Å². The molecule has 7 nitrogen and oxygen atoms in total. The second kappa shape index (κ2) is 7.65. The Morgan fingerprint density at radius 2 is 2.08 bits per heavy atom. The van der Waals surface area contributed by atoms with Crippen LogP contribution in [0.5, 0.6) is 11.5 Å². The molecular formula is C16H21NO6S. The molecular weight excluding hydrogens is 334 g/mol. The van der Waals surface area contributed by atoms with E-state index in [1.54, 1.807) is 32.2 Å². The smallest absolute Gasteiger partial charge is 0.260 e. The van der Waals surface area contributed by atoms with Crippen LogP contribution in [-0.4, -0.2) is 63.3 Å². The Morgan fingerprint density at radius 1 is 1.33 bits per heavy atom. The van der Waals surface area contributed by atoms with Gasteiger partial charge in [-0.15, -0.1) is 0 Å². The van der Waals surface area contributed by atoms with Crippen LogP contribution in [0.4, 0.5) is 0 Å². The number of hydrogen-bond donors (Lipinski definition) is 0. The fourth-order valence-electron chi connectivity index (χ4n) is 2.51. The van der Waals surface area contributed by atoms with E-state index in [1.807, 2.05) is 0 Å². The number of ether oxygens (including phenoxy) is 2. The summed E-state index contributed by atoms with van der Waals surface area (Å²) in [6, 6.07) is 4.38. The highest BCUT2D eigenvalue weighted by atomic mass is 32.2. The van der Waals surface area contributed by atoms with Crippen LogP contribution in [0.25, 0.3) is 0 Å². The Kier molecular flexibility index (Phi) is 5.82. The summed E-state index contributed by atoms with van der Waals surface area (Å²) in [4.78, 5) is 24.5. The number of hydrogen-bond acceptors (Lipinski definition) is 6. The summed E-state index contributed by atoms with van der Waals surface area (Å²) in [6.45, 7) is 1.97.